The van der Waals surface area contributed by atoms with Gasteiger partial charge >= 0.3 is 0 Å². The van der Waals surface area contributed by atoms with E-state index in [-0.39, 0.29) is 0 Å². The van der Waals surface area contributed by atoms with E-state index in [0.29, 0.717) is 12.0 Å². The Morgan fingerprint density at radius 3 is 2.92 bits per heavy atom. The summed E-state index contributed by atoms with van der Waals surface area (Å²) >= 11 is 0. The van der Waals surface area contributed by atoms with E-state index in [1.165, 1.54) is 24.0 Å². The lowest BCUT2D eigenvalue weighted by Crippen LogP contribution is -2.09. The topological polar surface area (TPSA) is 30.9 Å². The Morgan fingerprint density at radius 1 is 1.54 bits per heavy atom. The minimum atomic E-state index is 0.573. The van der Waals surface area contributed by atoms with Gasteiger partial charge in [-0.05, 0) is 50.3 Å². The highest BCUT2D eigenvalue weighted by Crippen LogP contribution is 2.33. The molecule has 2 rings (SSSR count). The third kappa shape index (κ3) is 1.39. The molecule has 1 aromatic rings. The van der Waals surface area contributed by atoms with Gasteiger partial charge < -0.3 is 10.3 Å². The molecule has 2 nitrogen and oxygen atoms in total. The Hall–Kier alpha value is -0.760. The van der Waals surface area contributed by atoms with Gasteiger partial charge in [-0.15, -0.1) is 0 Å². The average molecular weight is 178 g/mol. The van der Waals surface area contributed by atoms with Gasteiger partial charge in [0.2, 0.25) is 0 Å². The molecule has 0 aromatic carbocycles. The summed E-state index contributed by atoms with van der Waals surface area (Å²) in [5.41, 5.74) is 8.74. The predicted molar refractivity (Wildman–Crippen MR) is 54.9 cm³/mol. The molecular formula is C11H18N2. The minimum absolute atomic E-state index is 0.573. The first-order valence-corrected chi connectivity index (χ1v) is 5.12. The second-order valence-electron chi connectivity index (χ2n) is 4.25. The first-order chi connectivity index (χ1) is 6.22. The van der Waals surface area contributed by atoms with E-state index >= 15 is 0 Å². The highest BCUT2D eigenvalue weighted by atomic mass is 15.0. The van der Waals surface area contributed by atoms with Crippen molar-refractivity contribution in [3.05, 3.63) is 23.5 Å². The van der Waals surface area contributed by atoms with Crippen molar-refractivity contribution in [3.8, 4) is 0 Å². The van der Waals surface area contributed by atoms with E-state index in [4.69, 9.17) is 5.73 Å². The zero-order valence-electron chi connectivity index (χ0n) is 8.46. The lowest BCUT2D eigenvalue weighted by molar-refractivity contribution is 0.590. The third-order valence-corrected chi connectivity index (χ3v) is 3.05. The van der Waals surface area contributed by atoms with Crippen LogP contribution in [0.15, 0.2) is 12.4 Å². The number of nitrogens with zero attached hydrogens (tertiary/aromatic N) is 1. The standard InChI is InChI=1S/C11H18N2/c1-8(2)13-6-10-4-3-9(5-12)11(10)7-13/h6-9H,3-5,12H2,1-2H3. The van der Waals surface area contributed by atoms with E-state index in [1.807, 2.05) is 0 Å². The summed E-state index contributed by atoms with van der Waals surface area (Å²) < 4.78 is 2.30. The summed E-state index contributed by atoms with van der Waals surface area (Å²) in [6.07, 6.45) is 7.04. The SMILES string of the molecule is CC(C)n1cc2c(c1)C(CN)CC2. The maximum Gasteiger partial charge on any atom is 0.0274 e. The quantitative estimate of drug-likeness (QED) is 0.738. The van der Waals surface area contributed by atoms with Gasteiger partial charge in [-0.25, -0.2) is 0 Å². The van der Waals surface area contributed by atoms with Crippen LogP contribution in [0, 0.1) is 0 Å². The highest BCUT2D eigenvalue weighted by molar-refractivity contribution is 5.33. The molecule has 2 N–H and O–H groups in total. The smallest absolute Gasteiger partial charge is 0.0274 e. The fraction of sp³-hybridized carbons (Fsp3) is 0.636. The molecule has 0 saturated carbocycles. The molecule has 1 atom stereocenters. The molecule has 0 amide bonds. The number of fused-ring (bicyclic) bond motifs is 1. The first kappa shape index (κ1) is 8.82. The summed E-state index contributed by atoms with van der Waals surface area (Å²) in [5.74, 6) is 0.620. The highest BCUT2D eigenvalue weighted by Gasteiger charge is 2.23. The monoisotopic (exact) mass is 178 g/mol. The molecule has 1 heterocycles. The predicted octanol–water partition coefficient (Wildman–Crippen LogP) is 2.06. The fourth-order valence-corrected chi connectivity index (χ4v) is 2.14. The third-order valence-electron chi connectivity index (χ3n) is 3.05. The summed E-state index contributed by atoms with van der Waals surface area (Å²) in [4.78, 5) is 0. The molecule has 13 heavy (non-hydrogen) atoms. The van der Waals surface area contributed by atoms with Gasteiger partial charge in [0.25, 0.3) is 0 Å². The van der Waals surface area contributed by atoms with Crippen molar-refractivity contribution in [2.75, 3.05) is 6.54 Å². The lowest BCUT2D eigenvalue weighted by Gasteiger charge is -2.09. The van der Waals surface area contributed by atoms with Gasteiger partial charge in [0.05, 0.1) is 0 Å². The molecule has 1 aromatic heterocycles. The van der Waals surface area contributed by atoms with Crippen LogP contribution >= 0.6 is 0 Å². The molecule has 0 aliphatic heterocycles. The summed E-state index contributed by atoms with van der Waals surface area (Å²) in [6, 6.07) is 0.573. The first-order valence-electron chi connectivity index (χ1n) is 5.12. The van der Waals surface area contributed by atoms with Gasteiger partial charge in [0, 0.05) is 18.4 Å². The van der Waals surface area contributed by atoms with Crippen molar-refractivity contribution in [3.63, 3.8) is 0 Å². The Kier molecular flexibility index (Phi) is 2.16. The van der Waals surface area contributed by atoms with Crippen molar-refractivity contribution in [2.24, 2.45) is 5.73 Å². The molecule has 0 spiro atoms. The van der Waals surface area contributed by atoms with E-state index < -0.39 is 0 Å². The van der Waals surface area contributed by atoms with Crippen molar-refractivity contribution in [1.29, 1.82) is 0 Å². The van der Waals surface area contributed by atoms with Gasteiger partial charge in [0.15, 0.2) is 0 Å². The number of hydrogen-bond donors (Lipinski definition) is 1. The lowest BCUT2D eigenvalue weighted by atomic mass is 10.1. The molecule has 0 bridgehead atoms. The normalized spacial score (nSPS) is 21.1. The largest absolute Gasteiger partial charge is 0.351 e. The van der Waals surface area contributed by atoms with Crippen LogP contribution in [-0.4, -0.2) is 11.1 Å². The van der Waals surface area contributed by atoms with Gasteiger partial charge in [-0.2, -0.15) is 0 Å². The Bertz CT molecular complexity index is 299. The number of aryl methyl sites for hydroxylation is 1. The van der Waals surface area contributed by atoms with Gasteiger partial charge in [0.1, 0.15) is 0 Å². The fourth-order valence-electron chi connectivity index (χ4n) is 2.14. The maximum absolute atomic E-state index is 5.72. The molecule has 1 unspecified atom stereocenters. The summed E-state index contributed by atoms with van der Waals surface area (Å²) in [6.45, 7) is 5.23. The van der Waals surface area contributed by atoms with Crippen molar-refractivity contribution >= 4 is 0 Å². The van der Waals surface area contributed by atoms with Crippen LogP contribution in [0.2, 0.25) is 0 Å². The van der Waals surface area contributed by atoms with Crippen molar-refractivity contribution in [1.82, 2.24) is 4.57 Å². The van der Waals surface area contributed by atoms with Crippen LogP contribution in [0.25, 0.3) is 0 Å². The maximum atomic E-state index is 5.72. The van der Waals surface area contributed by atoms with Gasteiger partial charge in [-0.1, -0.05) is 0 Å². The number of hydrogen-bond acceptors (Lipinski definition) is 1. The van der Waals surface area contributed by atoms with Crippen molar-refractivity contribution < 1.29 is 0 Å². The number of nitrogens with two attached hydrogens (primary N) is 1. The van der Waals surface area contributed by atoms with E-state index in [9.17, 15) is 0 Å². The Morgan fingerprint density at radius 2 is 2.31 bits per heavy atom. The molecule has 1 aliphatic rings. The van der Waals surface area contributed by atoms with Crippen LogP contribution < -0.4 is 5.73 Å². The number of rotatable bonds is 2. The Balaban J connectivity index is 2.31. The van der Waals surface area contributed by atoms with Crippen LogP contribution in [0.1, 0.15) is 43.4 Å². The number of aromatic nitrogens is 1. The van der Waals surface area contributed by atoms with Crippen LogP contribution in [0.3, 0.4) is 0 Å². The molecule has 1 aliphatic carbocycles. The molecule has 2 heteroatoms. The molecular weight excluding hydrogens is 160 g/mol. The molecule has 0 fully saturated rings. The second kappa shape index (κ2) is 3.18. The summed E-state index contributed by atoms with van der Waals surface area (Å²) in [5, 5.41) is 0. The van der Waals surface area contributed by atoms with Gasteiger partial charge in [-0.3, -0.25) is 0 Å². The zero-order chi connectivity index (χ0) is 9.42. The molecule has 72 valence electrons. The van der Waals surface area contributed by atoms with E-state index in [0.717, 1.165) is 6.54 Å². The summed E-state index contributed by atoms with van der Waals surface area (Å²) in [7, 11) is 0. The Labute approximate surface area is 79.7 Å². The van der Waals surface area contributed by atoms with Crippen LogP contribution in [-0.2, 0) is 6.42 Å². The van der Waals surface area contributed by atoms with E-state index in [2.05, 4.69) is 30.8 Å². The zero-order valence-corrected chi connectivity index (χ0v) is 8.46. The van der Waals surface area contributed by atoms with Crippen LogP contribution in [0.5, 0.6) is 0 Å². The second-order valence-corrected chi connectivity index (χ2v) is 4.25. The average Bonchev–Trinajstić information content (AvgIpc) is 2.60. The molecule has 0 saturated heterocycles. The minimum Gasteiger partial charge on any atom is -0.351 e. The van der Waals surface area contributed by atoms with E-state index in [1.54, 1.807) is 0 Å². The molecule has 0 radical (unpaired) electrons. The van der Waals surface area contributed by atoms with Crippen molar-refractivity contribution in [2.45, 2.75) is 38.6 Å². The van der Waals surface area contributed by atoms with Crippen LogP contribution in [0.4, 0.5) is 0 Å².